The van der Waals surface area contributed by atoms with Gasteiger partial charge in [0.25, 0.3) is 0 Å². The van der Waals surface area contributed by atoms with E-state index in [9.17, 15) is 19.2 Å². The zero-order chi connectivity index (χ0) is 24.7. The molecule has 4 rings (SSSR count). The van der Waals surface area contributed by atoms with E-state index in [2.05, 4.69) is 5.32 Å². The molecular weight excluding hydrogens is 430 g/mol. The molecule has 0 aromatic heterocycles. The van der Waals surface area contributed by atoms with Gasteiger partial charge in [0, 0.05) is 17.8 Å². The first-order valence-corrected chi connectivity index (χ1v) is 11.6. The van der Waals surface area contributed by atoms with E-state index in [0.29, 0.717) is 6.42 Å². The molecule has 4 aliphatic rings. The molecule has 1 amide bonds. The molecule has 8 atom stereocenters. The van der Waals surface area contributed by atoms with E-state index in [0.717, 1.165) is 6.42 Å². The largest absolute Gasteiger partial charge is 0.467 e. The summed E-state index contributed by atoms with van der Waals surface area (Å²) < 4.78 is 22.1. The third-order valence-corrected chi connectivity index (χ3v) is 7.43. The van der Waals surface area contributed by atoms with Gasteiger partial charge in [-0.3, -0.25) is 4.79 Å². The second kappa shape index (κ2) is 7.17. The monoisotopic (exact) mass is 465 g/mol. The third-order valence-electron chi connectivity index (χ3n) is 7.43. The number of methoxy groups -OCH3 is 1. The van der Waals surface area contributed by atoms with Crippen molar-refractivity contribution in [3.63, 3.8) is 0 Å². The molecule has 4 fully saturated rings. The number of carbonyl (C=O) groups is 4. The molecule has 3 aliphatic carbocycles. The van der Waals surface area contributed by atoms with E-state index in [1.807, 2.05) is 0 Å². The molecule has 2 bridgehead atoms. The highest BCUT2D eigenvalue weighted by atomic mass is 16.7. The summed E-state index contributed by atoms with van der Waals surface area (Å²) in [7, 11) is 1.27. The Labute approximate surface area is 194 Å². The lowest BCUT2D eigenvalue weighted by molar-refractivity contribution is -0.181. The second-order valence-electron chi connectivity index (χ2n) is 11.9. The highest BCUT2D eigenvalue weighted by molar-refractivity contribution is 6.03. The van der Waals surface area contributed by atoms with Crippen molar-refractivity contribution in [3.05, 3.63) is 0 Å². The van der Waals surface area contributed by atoms with Gasteiger partial charge in [0.05, 0.1) is 7.11 Å². The van der Waals surface area contributed by atoms with Crippen LogP contribution in [0.2, 0.25) is 0 Å². The molecule has 1 aliphatic heterocycles. The van der Waals surface area contributed by atoms with Crippen molar-refractivity contribution in [1.29, 1.82) is 0 Å². The van der Waals surface area contributed by atoms with Crippen LogP contribution >= 0.6 is 0 Å². The quantitative estimate of drug-likeness (QED) is 0.370. The van der Waals surface area contributed by atoms with E-state index in [4.69, 9.17) is 18.9 Å². The van der Waals surface area contributed by atoms with Crippen molar-refractivity contribution < 1.29 is 38.1 Å². The van der Waals surface area contributed by atoms with Gasteiger partial charge in [-0.1, -0.05) is 0 Å². The van der Waals surface area contributed by atoms with Crippen LogP contribution in [0.4, 0.5) is 0 Å². The van der Waals surface area contributed by atoms with Gasteiger partial charge in [-0.25, -0.2) is 14.4 Å². The fraction of sp³-hybridized carbons (Fsp3) is 0.833. The number of hydrogen-bond acceptors (Lipinski definition) is 8. The van der Waals surface area contributed by atoms with Gasteiger partial charge in [-0.2, -0.15) is 0 Å². The van der Waals surface area contributed by atoms with Crippen LogP contribution in [0.15, 0.2) is 0 Å². The molecule has 0 radical (unpaired) electrons. The predicted octanol–water partition coefficient (Wildman–Crippen LogP) is 1.76. The summed E-state index contributed by atoms with van der Waals surface area (Å²) in [6.07, 6.45) is 1.29. The maximum Gasteiger partial charge on any atom is 0.343 e. The van der Waals surface area contributed by atoms with E-state index in [1.165, 1.54) is 7.11 Å². The number of hydrogen-bond donors (Lipinski definition) is 1. The second-order valence-corrected chi connectivity index (χ2v) is 11.9. The number of esters is 3. The van der Waals surface area contributed by atoms with Gasteiger partial charge in [-0.05, 0) is 73.1 Å². The molecule has 33 heavy (non-hydrogen) atoms. The molecule has 3 saturated carbocycles. The zero-order valence-electron chi connectivity index (χ0n) is 20.6. The Morgan fingerprint density at radius 2 is 1.42 bits per heavy atom. The lowest BCUT2D eigenvalue weighted by atomic mass is 9.50. The highest BCUT2D eigenvalue weighted by Crippen LogP contribution is 2.82. The van der Waals surface area contributed by atoms with Crippen LogP contribution in [0.5, 0.6) is 0 Å². The summed E-state index contributed by atoms with van der Waals surface area (Å²) in [5.41, 5.74) is -4.24. The van der Waals surface area contributed by atoms with Crippen molar-refractivity contribution in [2.75, 3.05) is 7.11 Å². The van der Waals surface area contributed by atoms with Gasteiger partial charge in [0.1, 0.15) is 17.2 Å². The predicted molar refractivity (Wildman–Crippen MR) is 115 cm³/mol. The maximum atomic E-state index is 13.4. The molecular formula is C24H35NO8. The summed E-state index contributed by atoms with van der Waals surface area (Å²) in [5, 5.41) is 2.73. The lowest BCUT2D eigenvalue weighted by Crippen LogP contribution is -2.67. The van der Waals surface area contributed by atoms with Gasteiger partial charge in [0.2, 0.25) is 17.1 Å². The van der Waals surface area contributed by atoms with Gasteiger partial charge in [-0.15, -0.1) is 0 Å². The molecule has 9 heteroatoms. The Morgan fingerprint density at radius 3 is 1.91 bits per heavy atom. The summed E-state index contributed by atoms with van der Waals surface area (Å²) >= 11 is 0. The van der Waals surface area contributed by atoms with Crippen LogP contribution in [-0.4, -0.2) is 59.4 Å². The lowest BCUT2D eigenvalue weighted by Gasteiger charge is -2.48. The first-order chi connectivity index (χ1) is 15.1. The molecule has 0 aromatic carbocycles. The minimum absolute atomic E-state index is 0.0507. The molecule has 0 unspecified atom stereocenters. The van der Waals surface area contributed by atoms with E-state index in [1.54, 1.807) is 48.5 Å². The fourth-order valence-electron chi connectivity index (χ4n) is 6.49. The molecule has 184 valence electrons. The Morgan fingerprint density at radius 1 is 0.909 bits per heavy atom. The summed E-state index contributed by atoms with van der Waals surface area (Å²) in [6, 6.07) is -0.767. The van der Waals surface area contributed by atoms with Crippen molar-refractivity contribution >= 4 is 23.8 Å². The van der Waals surface area contributed by atoms with Crippen LogP contribution in [0.1, 0.15) is 61.3 Å². The summed E-state index contributed by atoms with van der Waals surface area (Å²) in [5.74, 6) is -2.82. The normalized spacial score (nSPS) is 38.8. The summed E-state index contributed by atoms with van der Waals surface area (Å²) in [6.45, 7) is 12.2. The molecule has 1 heterocycles. The number of fused-ring (bicyclic) bond motifs is 8. The molecule has 9 nitrogen and oxygen atoms in total. The average Bonchev–Trinajstić information content (AvgIpc) is 2.92. The molecule has 1 N–H and O–H groups in total. The smallest absolute Gasteiger partial charge is 0.343 e. The van der Waals surface area contributed by atoms with Gasteiger partial charge >= 0.3 is 17.9 Å². The van der Waals surface area contributed by atoms with E-state index >= 15 is 0 Å². The van der Waals surface area contributed by atoms with Crippen LogP contribution < -0.4 is 5.32 Å². The number of rotatable bonds is 5. The Kier molecular flexibility index (Phi) is 5.21. The van der Waals surface area contributed by atoms with Gasteiger partial charge < -0.3 is 24.3 Å². The number of nitrogens with one attached hydrogen (secondary N) is 1. The Balaban J connectivity index is 1.60. The fourth-order valence-corrected chi connectivity index (χ4v) is 6.49. The minimum Gasteiger partial charge on any atom is -0.467 e. The van der Waals surface area contributed by atoms with E-state index < -0.39 is 46.4 Å². The standard InChI is InChI=1S/C24H35NO8/c1-11(18(27)30-8)25-17(26)14-10-12-9-13(14)16-15(12)23(19(28)31-21(2,3)4)24(16,33-23)20(29)32-22(5,6)7/h11-16H,9-10H2,1-8H3,(H,25,26)/t11-,12-,13+,14-,15-,16+,23-,24+/m0/s1. The number of amides is 1. The molecule has 0 spiro atoms. The van der Waals surface area contributed by atoms with Crippen molar-refractivity contribution in [2.45, 2.75) is 89.8 Å². The summed E-state index contributed by atoms with van der Waals surface area (Å²) in [4.78, 5) is 51.4. The van der Waals surface area contributed by atoms with Crippen molar-refractivity contribution in [3.8, 4) is 0 Å². The first-order valence-electron chi connectivity index (χ1n) is 11.6. The number of carbonyl (C=O) groups excluding carboxylic acids is 4. The van der Waals surface area contributed by atoms with Crippen LogP contribution in [0, 0.1) is 29.6 Å². The third kappa shape index (κ3) is 3.37. The first kappa shape index (κ1) is 24.0. The Bertz CT molecular complexity index is 901. The highest BCUT2D eigenvalue weighted by Gasteiger charge is 3.00. The number of ether oxygens (including phenoxy) is 4. The maximum absolute atomic E-state index is 13.4. The Hall–Kier alpha value is -2.16. The molecule has 1 saturated heterocycles. The van der Waals surface area contributed by atoms with E-state index in [-0.39, 0.29) is 35.5 Å². The van der Waals surface area contributed by atoms with Crippen LogP contribution in [0.3, 0.4) is 0 Å². The van der Waals surface area contributed by atoms with Gasteiger partial charge in [0.15, 0.2) is 0 Å². The SMILES string of the molecule is COC(=O)[C@H](C)NC(=O)[C@H]1C[C@@H]2C[C@H]1[C@@H]1[C@H]2[C@@]2(C(=O)OC(C)(C)C)O[C@@]12C(=O)OC(C)(C)C. The average molecular weight is 466 g/mol. The van der Waals surface area contributed by atoms with Crippen LogP contribution in [0.25, 0.3) is 0 Å². The van der Waals surface area contributed by atoms with Crippen molar-refractivity contribution in [1.82, 2.24) is 5.32 Å². The minimum atomic E-state index is -1.42. The number of epoxide rings is 1. The topological polar surface area (TPSA) is 121 Å². The van der Waals surface area contributed by atoms with Crippen LogP contribution in [-0.2, 0) is 38.1 Å². The zero-order valence-corrected chi connectivity index (χ0v) is 20.6. The van der Waals surface area contributed by atoms with Crippen molar-refractivity contribution in [2.24, 2.45) is 29.6 Å². The molecule has 0 aromatic rings.